The molecule has 2 heterocycles. The lowest BCUT2D eigenvalue weighted by Gasteiger charge is -2.25. The van der Waals surface area contributed by atoms with Gasteiger partial charge in [0.25, 0.3) is 0 Å². The number of rotatable bonds is 4. The van der Waals surface area contributed by atoms with E-state index in [0.717, 1.165) is 43.6 Å². The molecule has 1 fully saturated rings. The summed E-state index contributed by atoms with van der Waals surface area (Å²) in [5.41, 5.74) is 2.31. The van der Waals surface area contributed by atoms with E-state index in [0.29, 0.717) is 6.04 Å². The van der Waals surface area contributed by atoms with E-state index >= 15 is 0 Å². The van der Waals surface area contributed by atoms with Crippen molar-refractivity contribution < 1.29 is 4.52 Å². The van der Waals surface area contributed by atoms with Crippen LogP contribution in [-0.4, -0.2) is 35.7 Å². The van der Waals surface area contributed by atoms with Gasteiger partial charge in [0, 0.05) is 24.7 Å². The second kappa shape index (κ2) is 6.53. The van der Waals surface area contributed by atoms with Crippen molar-refractivity contribution in [2.45, 2.75) is 53.1 Å². The van der Waals surface area contributed by atoms with Crippen molar-refractivity contribution in [2.75, 3.05) is 19.6 Å². The van der Waals surface area contributed by atoms with Crippen LogP contribution in [0, 0.1) is 19.8 Å². The fourth-order valence-electron chi connectivity index (χ4n) is 2.90. The van der Waals surface area contributed by atoms with Crippen LogP contribution in [0.25, 0.3) is 0 Å². The van der Waals surface area contributed by atoms with Crippen molar-refractivity contribution in [3.8, 4) is 0 Å². The Kier molecular flexibility index (Phi) is 4.99. The summed E-state index contributed by atoms with van der Waals surface area (Å²) in [5.74, 6) is 1.71. The molecule has 1 N–H and O–H groups in total. The molecule has 1 aromatic rings. The first-order chi connectivity index (χ1) is 9.06. The third-order valence-electron chi connectivity index (χ3n) is 3.88. The van der Waals surface area contributed by atoms with Gasteiger partial charge >= 0.3 is 0 Å². The summed E-state index contributed by atoms with van der Waals surface area (Å²) >= 11 is 0. The Labute approximate surface area is 116 Å². The average molecular weight is 265 g/mol. The molecular weight excluding hydrogens is 238 g/mol. The standard InChI is InChI=1S/C15H27N3O/c1-11(2)8-14-9-18(7-5-6-16-14)10-15-12(3)17-19-13(15)4/h11,14,16H,5-10H2,1-4H3. The molecule has 1 unspecified atom stereocenters. The summed E-state index contributed by atoms with van der Waals surface area (Å²) in [5, 5.41) is 7.73. The third-order valence-corrected chi connectivity index (χ3v) is 3.88. The predicted octanol–water partition coefficient (Wildman–Crippen LogP) is 2.50. The minimum atomic E-state index is 0.614. The number of nitrogens with one attached hydrogen (secondary N) is 1. The normalized spacial score (nSPS) is 21.8. The Morgan fingerprint density at radius 2 is 2.21 bits per heavy atom. The van der Waals surface area contributed by atoms with Gasteiger partial charge in [0.15, 0.2) is 0 Å². The number of hydrogen-bond donors (Lipinski definition) is 1. The van der Waals surface area contributed by atoms with Crippen LogP contribution in [0.5, 0.6) is 0 Å². The van der Waals surface area contributed by atoms with Crippen molar-refractivity contribution in [3.05, 3.63) is 17.0 Å². The van der Waals surface area contributed by atoms with Crippen LogP contribution >= 0.6 is 0 Å². The number of aryl methyl sites for hydroxylation is 2. The summed E-state index contributed by atoms with van der Waals surface area (Å²) in [4.78, 5) is 2.54. The van der Waals surface area contributed by atoms with E-state index in [1.165, 1.54) is 18.4 Å². The van der Waals surface area contributed by atoms with E-state index in [1.54, 1.807) is 0 Å². The molecule has 1 aliphatic heterocycles. The number of nitrogens with zero attached hydrogens (tertiary/aromatic N) is 2. The summed E-state index contributed by atoms with van der Waals surface area (Å²) in [6.07, 6.45) is 2.47. The predicted molar refractivity (Wildman–Crippen MR) is 77.1 cm³/mol. The maximum absolute atomic E-state index is 5.27. The van der Waals surface area contributed by atoms with Crippen LogP contribution in [0.1, 0.15) is 43.7 Å². The van der Waals surface area contributed by atoms with Gasteiger partial charge < -0.3 is 9.84 Å². The van der Waals surface area contributed by atoms with Crippen molar-refractivity contribution in [2.24, 2.45) is 5.92 Å². The highest BCUT2D eigenvalue weighted by Gasteiger charge is 2.20. The molecular formula is C15H27N3O. The minimum Gasteiger partial charge on any atom is -0.361 e. The molecule has 0 aliphatic carbocycles. The van der Waals surface area contributed by atoms with Gasteiger partial charge in [-0.25, -0.2) is 0 Å². The monoisotopic (exact) mass is 265 g/mol. The Bertz CT molecular complexity index is 381. The minimum absolute atomic E-state index is 0.614. The molecule has 2 rings (SSSR count). The van der Waals surface area contributed by atoms with E-state index in [1.807, 2.05) is 13.8 Å². The Hall–Kier alpha value is -0.870. The van der Waals surface area contributed by atoms with Crippen LogP contribution in [-0.2, 0) is 6.54 Å². The van der Waals surface area contributed by atoms with Gasteiger partial charge in [0.05, 0.1) is 5.69 Å². The van der Waals surface area contributed by atoms with E-state index in [4.69, 9.17) is 4.52 Å². The Morgan fingerprint density at radius 3 is 2.84 bits per heavy atom. The molecule has 0 saturated carbocycles. The van der Waals surface area contributed by atoms with Crippen LogP contribution < -0.4 is 5.32 Å². The lowest BCUT2D eigenvalue weighted by molar-refractivity contribution is 0.246. The van der Waals surface area contributed by atoms with Crippen LogP contribution in [0.3, 0.4) is 0 Å². The highest BCUT2D eigenvalue weighted by Crippen LogP contribution is 2.17. The summed E-state index contributed by atoms with van der Waals surface area (Å²) < 4.78 is 5.27. The largest absolute Gasteiger partial charge is 0.361 e. The summed E-state index contributed by atoms with van der Waals surface area (Å²) in [6, 6.07) is 0.614. The summed E-state index contributed by atoms with van der Waals surface area (Å²) in [7, 11) is 0. The molecule has 19 heavy (non-hydrogen) atoms. The molecule has 0 aromatic carbocycles. The molecule has 4 nitrogen and oxygen atoms in total. The first-order valence-electron chi connectivity index (χ1n) is 7.43. The first-order valence-corrected chi connectivity index (χ1v) is 7.43. The van der Waals surface area contributed by atoms with E-state index in [9.17, 15) is 0 Å². The van der Waals surface area contributed by atoms with E-state index < -0.39 is 0 Å². The van der Waals surface area contributed by atoms with Crippen LogP contribution in [0.4, 0.5) is 0 Å². The topological polar surface area (TPSA) is 41.3 Å². The molecule has 1 atom stereocenters. The summed E-state index contributed by atoms with van der Waals surface area (Å²) in [6.45, 7) is 13.0. The van der Waals surface area contributed by atoms with Gasteiger partial charge in [0.2, 0.25) is 0 Å². The van der Waals surface area contributed by atoms with Gasteiger partial charge in [-0.15, -0.1) is 0 Å². The van der Waals surface area contributed by atoms with Gasteiger partial charge in [0.1, 0.15) is 5.76 Å². The highest BCUT2D eigenvalue weighted by atomic mass is 16.5. The zero-order chi connectivity index (χ0) is 13.8. The van der Waals surface area contributed by atoms with Crippen molar-refractivity contribution in [1.29, 1.82) is 0 Å². The fourth-order valence-corrected chi connectivity index (χ4v) is 2.90. The van der Waals surface area contributed by atoms with Crippen LogP contribution in [0.15, 0.2) is 4.52 Å². The Balaban J connectivity index is 1.98. The smallest absolute Gasteiger partial charge is 0.138 e. The highest BCUT2D eigenvalue weighted by molar-refractivity contribution is 5.20. The molecule has 0 bridgehead atoms. The zero-order valence-electron chi connectivity index (χ0n) is 12.7. The lowest BCUT2D eigenvalue weighted by atomic mass is 10.0. The zero-order valence-corrected chi connectivity index (χ0v) is 12.7. The lowest BCUT2D eigenvalue weighted by Crippen LogP contribution is -2.38. The molecule has 108 valence electrons. The third kappa shape index (κ3) is 4.05. The second-order valence-electron chi connectivity index (χ2n) is 6.17. The second-order valence-corrected chi connectivity index (χ2v) is 6.17. The Morgan fingerprint density at radius 1 is 1.42 bits per heavy atom. The maximum Gasteiger partial charge on any atom is 0.138 e. The molecule has 0 amide bonds. The van der Waals surface area contributed by atoms with Gasteiger partial charge in [-0.1, -0.05) is 19.0 Å². The SMILES string of the molecule is Cc1noc(C)c1CN1CCCNC(CC(C)C)C1. The molecule has 1 saturated heterocycles. The molecule has 1 aliphatic rings. The molecule has 1 aromatic heterocycles. The van der Waals surface area contributed by atoms with Crippen molar-refractivity contribution in [1.82, 2.24) is 15.4 Å². The van der Waals surface area contributed by atoms with Gasteiger partial charge in [-0.05, 0) is 45.7 Å². The van der Waals surface area contributed by atoms with Crippen molar-refractivity contribution >= 4 is 0 Å². The number of aromatic nitrogens is 1. The quantitative estimate of drug-likeness (QED) is 0.908. The average Bonchev–Trinajstić information content (AvgIpc) is 2.54. The maximum atomic E-state index is 5.27. The van der Waals surface area contributed by atoms with E-state index in [-0.39, 0.29) is 0 Å². The van der Waals surface area contributed by atoms with Gasteiger partial charge in [-0.2, -0.15) is 0 Å². The molecule has 0 spiro atoms. The molecule has 0 radical (unpaired) electrons. The first kappa shape index (κ1) is 14.5. The van der Waals surface area contributed by atoms with E-state index in [2.05, 4.69) is 29.2 Å². The van der Waals surface area contributed by atoms with Gasteiger partial charge in [-0.3, -0.25) is 4.90 Å². The van der Waals surface area contributed by atoms with Crippen LogP contribution in [0.2, 0.25) is 0 Å². The van der Waals surface area contributed by atoms with Crippen molar-refractivity contribution in [3.63, 3.8) is 0 Å². The fraction of sp³-hybridized carbons (Fsp3) is 0.800. The molecule has 4 heteroatoms. The number of hydrogen-bond acceptors (Lipinski definition) is 4.